The van der Waals surface area contributed by atoms with Crippen LogP contribution in [0.5, 0.6) is 0 Å². The number of carbonyl (C=O) groups is 1. The third kappa shape index (κ3) is 42.4. The number of aliphatic hydroxyl groups is 4. The van der Waals surface area contributed by atoms with Gasteiger partial charge in [-0.2, -0.15) is 0 Å². The maximum atomic E-state index is 12.6. The molecule has 0 aliphatic rings. The summed E-state index contributed by atoms with van der Waals surface area (Å²) in [6, 6.07) is -0.988. The van der Waals surface area contributed by atoms with Gasteiger partial charge in [-0.3, -0.25) is 4.79 Å². The molecular weight excluding hydrogens is 743 g/mol. The van der Waals surface area contributed by atoms with E-state index >= 15 is 0 Å². The average Bonchev–Trinajstić information content (AvgIpc) is 3.25. The predicted octanol–water partition coefficient (Wildman–Crippen LogP) is 15.3. The molecule has 6 nitrogen and oxygen atoms in total. The van der Waals surface area contributed by atoms with E-state index in [4.69, 9.17) is 0 Å². The molecular formula is C54H107NO5. The van der Waals surface area contributed by atoms with Gasteiger partial charge < -0.3 is 25.7 Å². The van der Waals surface area contributed by atoms with Crippen molar-refractivity contribution in [3.8, 4) is 0 Å². The van der Waals surface area contributed by atoms with E-state index in [1.165, 1.54) is 218 Å². The second-order valence-electron chi connectivity index (χ2n) is 18.9. The van der Waals surface area contributed by atoms with Gasteiger partial charge in [0.05, 0.1) is 18.8 Å². The molecule has 0 radical (unpaired) electrons. The number of allylic oxidation sites excluding steroid dienone is 2. The first-order valence-electron chi connectivity index (χ1n) is 27.1. The summed E-state index contributed by atoms with van der Waals surface area (Å²) in [6.45, 7) is 4.08. The number of hydrogen-bond donors (Lipinski definition) is 5. The Morgan fingerprint density at radius 2 is 0.667 bits per heavy atom. The molecule has 0 heterocycles. The van der Waals surface area contributed by atoms with Gasteiger partial charge in [0.15, 0.2) is 0 Å². The van der Waals surface area contributed by atoms with E-state index < -0.39 is 36.9 Å². The van der Waals surface area contributed by atoms with Crippen LogP contribution < -0.4 is 5.32 Å². The first-order valence-corrected chi connectivity index (χ1v) is 27.1. The molecule has 5 N–H and O–H groups in total. The smallest absolute Gasteiger partial charge is 0.249 e. The molecule has 0 aliphatic carbocycles. The molecule has 0 aromatic heterocycles. The summed E-state index contributed by atoms with van der Waals surface area (Å²) < 4.78 is 0. The molecule has 0 aliphatic heterocycles. The van der Waals surface area contributed by atoms with E-state index in [1.807, 2.05) is 0 Å². The Bertz CT molecular complexity index is 867. The lowest BCUT2D eigenvalue weighted by Gasteiger charge is -2.27. The first kappa shape index (κ1) is 59.0. The highest BCUT2D eigenvalue weighted by molar-refractivity contribution is 5.80. The van der Waals surface area contributed by atoms with Crippen molar-refractivity contribution in [3.63, 3.8) is 0 Å². The minimum absolute atomic E-state index is 0.358. The zero-order valence-electron chi connectivity index (χ0n) is 40.5. The van der Waals surface area contributed by atoms with Crippen molar-refractivity contribution in [2.45, 2.75) is 321 Å². The molecule has 60 heavy (non-hydrogen) atoms. The maximum Gasteiger partial charge on any atom is 0.249 e. The summed E-state index contributed by atoms with van der Waals surface area (Å²) >= 11 is 0. The lowest BCUT2D eigenvalue weighted by Crippen LogP contribution is -2.53. The summed E-state index contributed by atoms with van der Waals surface area (Å²) in [5.74, 6) is -0.588. The maximum absolute atomic E-state index is 12.6. The fourth-order valence-electron chi connectivity index (χ4n) is 8.70. The second-order valence-corrected chi connectivity index (χ2v) is 18.9. The molecule has 0 aromatic carbocycles. The highest BCUT2D eigenvalue weighted by Crippen LogP contribution is 2.18. The highest BCUT2D eigenvalue weighted by atomic mass is 16.3. The summed E-state index contributed by atoms with van der Waals surface area (Å²) in [7, 11) is 0. The number of hydrogen-bond acceptors (Lipinski definition) is 5. The standard InChI is InChI=1S/C54H107NO5/c1-3-5-7-9-11-13-15-17-19-21-22-23-24-25-26-27-28-29-30-32-33-35-37-39-41-43-45-47-51(57)53(59)50(49-56)55-54(60)52(58)48-46-44-42-40-38-36-34-31-20-18-16-14-12-10-8-6-4-2/h34,36,50-53,56-59H,3-33,35,37-49H2,1-2H3,(H,55,60)/b36-34-. The Kier molecular flexibility index (Phi) is 48.3. The van der Waals surface area contributed by atoms with E-state index in [2.05, 4.69) is 31.3 Å². The highest BCUT2D eigenvalue weighted by Gasteiger charge is 2.28. The van der Waals surface area contributed by atoms with Gasteiger partial charge in [0.1, 0.15) is 12.2 Å². The van der Waals surface area contributed by atoms with Crippen molar-refractivity contribution in [1.82, 2.24) is 5.32 Å². The normalized spacial score (nSPS) is 13.9. The van der Waals surface area contributed by atoms with Crippen molar-refractivity contribution < 1.29 is 25.2 Å². The predicted molar refractivity (Wildman–Crippen MR) is 261 cm³/mol. The molecule has 0 bridgehead atoms. The second kappa shape index (κ2) is 49.1. The SMILES string of the molecule is CCCCCCCCCCC/C=C\CCCCCCC(O)C(=O)NC(CO)C(O)C(O)CCCCCCCCCCCCCCCCCCCCCCCCCCCCC. The van der Waals surface area contributed by atoms with Gasteiger partial charge in [-0.1, -0.05) is 270 Å². The van der Waals surface area contributed by atoms with E-state index in [0.717, 1.165) is 51.4 Å². The van der Waals surface area contributed by atoms with Crippen LogP contribution in [-0.4, -0.2) is 57.3 Å². The Morgan fingerprint density at radius 1 is 0.400 bits per heavy atom. The van der Waals surface area contributed by atoms with Gasteiger partial charge in [-0.25, -0.2) is 0 Å². The topological polar surface area (TPSA) is 110 Å². The van der Waals surface area contributed by atoms with Gasteiger partial charge in [-0.15, -0.1) is 0 Å². The molecule has 0 spiro atoms. The molecule has 0 saturated carbocycles. The van der Waals surface area contributed by atoms with Crippen LogP contribution >= 0.6 is 0 Å². The van der Waals surface area contributed by atoms with Gasteiger partial charge in [0.25, 0.3) is 0 Å². The van der Waals surface area contributed by atoms with Crippen LogP contribution in [-0.2, 0) is 4.79 Å². The van der Waals surface area contributed by atoms with E-state index in [9.17, 15) is 25.2 Å². The Morgan fingerprint density at radius 3 is 0.967 bits per heavy atom. The molecule has 1 amide bonds. The molecule has 358 valence electrons. The Hall–Kier alpha value is -0.950. The van der Waals surface area contributed by atoms with Crippen LogP contribution in [0, 0.1) is 0 Å². The minimum Gasteiger partial charge on any atom is -0.394 e. The van der Waals surface area contributed by atoms with Crippen LogP contribution in [0.25, 0.3) is 0 Å². The first-order chi connectivity index (χ1) is 29.5. The number of amides is 1. The minimum atomic E-state index is -1.26. The molecule has 0 saturated heterocycles. The molecule has 6 heteroatoms. The van der Waals surface area contributed by atoms with Crippen molar-refractivity contribution in [1.29, 1.82) is 0 Å². The number of rotatable bonds is 50. The van der Waals surface area contributed by atoms with Crippen molar-refractivity contribution >= 4 is 5.91 Å². The van der Waals surface area contributed by atoms with Crippen LogP contribution in [0.2, 0.25) is 0 Å². The van der Waals surface area contributed by atoms with Gasteiger partial charge in [0.2, 0.25) is 5.91 Å². The Balaban J connectivity index is 3.61. The van der Waals surface area contributed by atoms with Crippen molar-refractivity contribution in [2.24, 2.45) is 0 Å². The van der Waals surface area contributed by atoms with Crippen molar-refractivity contribution in [2.75, 3.05) is 6.61 Å². The summed E-state index contributed by atoms with van der Waals surface area (Å²) in [5, 5.41) is 43.9. The van der Waals surface area contributed by atoms with Gasteiger partial charge >= 0.3 is 0 Å². The van der Waals surface area contributed by atoms with Gasteiger partial charge in [-0.05, 0) is 38.5 Å². The average molecular weight is 850 g/mol. The number of aliphatic hydroxyl groups excluding tert-OH is 4. The lowest BCUT2D eigenvalue weighted by atomic mass is 9.99. The van der Waals surface area contributed by atoms with Crippen LogP contribution in [0.3, 0.4) is 0 Å². The third-order valence-corrected chi connectivity index (χ3v) is 13.0. The number of unbranched alkanes of at least 4 members (excludes halogenated alkanes) is 39. The Labute approximate surface area is 374 Å². The summed E-state index contributed by atoms with van der Waals surface area (Å²) in [6.07, 6.45) is 57.0. The van der Waals surface area contributed by atoms with E-state index in [0.29, 0.717) is 12.8 Å². The molecule has 4 atom stereocenters. The van der Waals surface area contributed by atoms with Gasteiger partial charge in [0, 0.05) is 0 Å². The zero-order chi connectivity index (χ0) is 43.8. The number of nitrogens with one attached hydrogen (secondary N) is 1. The van der Waals surface area contributed by atoms with E-state index in [1.54, 1.807) is 0 Å². The lowest BCUT2D eigenvalue weighted by molar-refractivity contribution is -0.132. The molecule has 0 aromatic rings. The van der Waals surface area contributed by atoms with Crippen LogP contribution in [0.1, 0.15) is 296 Å². The fraction of sp³-hybridized carbons (Fsp3) is 0.944. The molecule has 0 fully saturated rings. The third-order valence-electron chi connectivity index (χ3n) is 13.0. The summed E-state index contributed by atoms with van der Waals surface area (Å²) in [4.78, 5) is 12.6. The largest absolute Gasteiger partial charge is 0.394 e. The quantitative estimate of drug-likeness (QED) is 0.0309. The van der Waals surface area contributed by atoms with E-state index in [-0.39, 0.29) is 0 Å². The van der Waals surface area contributed by atoms with Crippen LogP contribution in [0.15, 0.2) is 12.2 Å². The zero-order valence-corrected chi connectivity index (χ0v) is 40.5. The number of carbonyl (C=O) groups excluding carboxylic acids is 1. The molecule has 0 rings (SSSR count). The fourth-order valence-corrected chi connectivity index (χ4v) is 8.70. The molecule has 4 unspecified atom stereocenters. The van der Waals surface area contributed by atoms with Crippen LogP contribution in [0.4, 0.5) is 0 Å². The monoisotopic (exact) mass is 850 g/mol. The van der Waals surface area contributed by atoms with Crippen molar-refractivity contribution in [3.05, 3.63) is 12.2 Å². The summed E-state index contributed by atoms with van der Waals surface area (Å²) in [5.41, 5.74) is 0.